The summed E-state index contributed by atoms with van der Waals surface area (Å²) in [5.74, 6) is 1.71. The highest BCUT2D eigenvalue weighted by Crippen LogP contribution is 2.41. The van der Waals surface area contributed by atoms with Crippen molar-refractivity contribution in [3.8, 4) is 45.3 Å². The van der Waals surface area contributed by atoms with Crippen molar-refractivity contribution in [1.82, 2.24) is 15.0 Å². The normalized spacial score (nSPS) is 11.9. The lowest BCUT2D eigenvalue weighted by Gasteiger charge is -2.09. The van der Waals surface area contributed by atoms with Gasteiger partial charge in [-0.25, -0.2) is 15.0 Å². The van der Waals surface area contributed by atoms with E-state index in [4.69, 9.17) is 28.2 Å². The van der Waals surface area contributed by atoms with Gasteiger partial charge in [-0.15, -0.1) is 0 Å². The molecule has 0 saturated carbocycles. The predicted octanol–water partition coefficient (Wildman–Crippen LogP) is 12.2. The van der Waals surface area contributed by atoms with Crippen LogP contribution in [0.5, 0.6) is 0 Å². The number of hydrogen-bond donors (Lipinski definition) is 0. The summed E-state index contributed by atoms with van der Waals surface area (Å²) in [5.41, 5.74) is 9.69. The van der Waals surface area contributed by atoms with Gasteiger partial charge in [0.25, 0.3) is 0 Å². The standard InChI is InChI=1S/C45H25N3O3/c1-2-10-26(11-3-1)43-46-44(28-20-22-31-30-12-4-6-16-35(30)51-40(31)25-28)48-45(47-43)33-15-9-19-39-42(33)34-24-27(21-23-37(34)50-39)29-14-8-18-38-41(29)32-13-5-7-17-36(32)49-38/h1-25H. The van der Waals surface area contributed by atoms with E-state index in [1.165, 1.54) is 0 Å². The van der Waals surface area contributed by atoms with E-state index in [1.54, 1.807) is 0 Å². The fourth-order valence-electron chi connectivity index (χ4n) is 7.40. The van der Waals surface area contributed by atoms with Gasteiger partial charge in [-0.05, 0) is 59.7 Å². The largest absolute Gasteiger partial charge is 0.456 e. The van der Waals surface area contributed by atoms with E-state index in [0.717, 1.165) is 93.6 Å². The van der Waals surface area contributed by atoms with Crippen molar-refractivity contribution in [3.05, 3.63) is 152 Å². The molecule has 11 aromatic rings. The van der Waals surface area contributed by atoms with Gasteiger partial charge in [-0.3, -0.25) is 0 Å². The molecular weight excluding hydrogens is 631 g/mol. The SMILES string of the molecule is c1ccc(-c2nc(-c3ccc4c(c3)oc3ccccc34)nc(-c3cccc4oc5ccc(-c6cccc7oc8ccccc8c67)cc5c34)n2)cc1. The summed E-state index contributed by atoms with van der Waals surface area (Å²) in [6, 6.07) is 51.1. The number of benzene rings is 7. The molecule has 0 aliphatic rings. The Morgan fingerprint density at radius 3 is 1.65 bits per heavy atom. The Morgan fingerprint density at radius 2 is 0.843 bits per heavy atom. The minimum atomic E-state index is 0.560. The average molecular weight is 656 g/mol. The van der Waals surface area contributed by atoms with Gasteiger partial charge in [-0.1, -0.05) is 103 Å². The monoisotopic (exact) mass is 655 g/mol. The third kappa shape index (κ3) is 4.33. The fraction of sp³-hybridized carbons (Fsp3) is 0. The minimum absolute atomic E-state index is 0.560. The predicted molar refractivity (Wildman–Crippen MR) is 203 cm³/mol. The maximum absolute atomic E-state index is 6.45. The highest BCUT2D eigenvalue weighted by molar-refractivity contribution is 6.16. The Labute approximate surface area is 290 Å². The molecule has 0 amide bonds. The van der Waals surface area contributed by atoms with Crippen molar-refractivity contribution in [2.24, 2.45) is 0 Å². The van der Waals surface area contributed by atoms with E-state index in [2.05, 4.69) is 54.6 Å². The summed E-state index contributed by atoms with van der Waals surface area (Å²) in [4.78, 5) is 15.2. The van der Waals surface area contributed by atoms with Gasteiger partial charge >= 0.3 is 0 Å². The molecule has 0 radical (unpaired) electrons. The number of furan rings is 3. The molecule has 0 aliphatic carbocycles. The number of aromatic nitrogens is 3. The molecule has 6 heteroatoms. The van der Waals surface area contributed by atoms with Crippen LogP contribution >= 0.6 is 0 Å². The fourth-order valence-corrected chi connectivity index (χ4v) is 7.40. The zero-order chi connectivity index (χ0) is 33.5. The van der Waals surface area contributed by atoms with Crippen LogP contribution in [0.4, 0.5) is 0 Å². The lowest BCUT2D eigenvalue weighted by molar-refractivity contribution is 0.668. The van der Waals surface area contributed by atoms with E-state index >= 15 is 0 Å². The third-order valence-electron chi connectivity index (χ3n) is 9.75. The Balaban J connectivity index is 1.13. The molecule has 0 N–H and O–H groups in total. The molecule has 0 unspecified atom stereocenters. The van der Waals surface area contributed by atoms with Crippen molar-refractivity contribution < 1.29 is 13.3 Å². The van der Waals surface area contributed by atoms with Crippen molar-refractivity contribution in [2.45, 2.75) is 0 Å². The maximum atomic E-state index is 6.45. The summed E-state index contributed by atoms with van der Waals surface area (Å²) >= 11 is 0. The Morgan fingerprint density at radius 1 is 0.294 bits per heavy atom. The smallest absolute Gasteiger partial charge is 0.164 e. The van der Waals surface area contributed by atoms with Crippen LogP contribution < -0.4 is 0 Å². The molecule has 0 spiro atoms. The Hall–Kier alpha value is -7.05. The van der Waals surface area contributed by atoms with Gasteiger partial charge in [0.1, 0.15) is 33.5 Å². The molecule has 6 nitrogen and oxygen atoms in total. The molecular formula is C45H25N3O3. The third-order valence-corrected chi connectivity index (χ3v) is 9.75. The number of rotatable bonds is 4. The van der Waals surface area contributed by atoms with Gasteiger partial charge in [0.2, 0.25) is 0 Å². The van der Waals surface area contributed by atoms with E-state index < -0.39 is 0 Å². The molecule has 51 heavy (non-hydrogen) atoms. The van der Waals surface area contributed by atoms with E-state index in [0.29, 0.717) is 17.5 Å². The molecule has 0 aliphatic heterocycles. The van der Waals surface area contributed by atoms with Crippen LogP contribution in [-0.2, 0) is 0 Å². The van der Waals surface area contributed by atoms with E-state index in [1.807, 2.05) is 97.1 Å². The van der Waals surface area contributed by atoms with Crippen LogP contribution in [0.25, 0.3) is 111 Å². The first-order valence-electron chi connectivity index (χ1n) is 16.8. The van der Waals surface area contributed by atoms with Gasteiger partial charge in [0.05, 0.1) is 0 Å². The zero-order valence-corrected chi connectivity index (χ0v) is 27.0. The molecule has 4 heterocycles. The summed E-state index contributed by atoms with van der Waals surface area (Å²) < 4.78 is 18.9. The topological polar surface area (TPSA) is 78.1 Å². The van der Waals surface area contributed by atoms with Crippen molar-refractivity contribution in [1.29, 1.82) is 0 Å². The van der Waals surface area contributed by atoms with E-state index in [9.17, 15) is 0 Å². The van der Waals surface area contributed by atoms with Gasteiger partial charge in [-0.2, -0.15) is 0 Å². The van der Waals surface area contributed by atoms with Crippen LogP contribution in [-0.4, -0.2) is 15.0 Å². The second-order valence-corrected chi connectivity index (χ2v) is 12.8. The second kappa shape index (κ2) is 10.7. The number of nitrogens with zero attached hydrogens (tertiary/aromatic N) is 3. The second-order valence-electron chi connectivity index (χ2n) is 12.8. The van der Waals surface area contributed by atoms with Crippen LogP contribution in [0.3, 0.4) is 0 Å². The highest BCUT2D eigenvalue weighted by Gasteiger charge is 2.20. The van der Waals surface area contributed by atoms with Crippen LogP contribution in [0, 0.1) is 0 Å². The molecule has 4 aromatic heterocycles. The molecule has 0 atom stereocenters. The first-order chi connectivity index (χ1) is 25.2. The van der Waals surface area contributed by atoms with Crippen LogP contribution in [0.2, 0.25) is 0 Å². The van der Waals surface area contributed by atoms with Gasteiger partial charge < -0.3 is 13.3 Å². The van der Waals surface area contributed by atoms with Crippen molar-refractivity contribution >= 4 is 65.8 Å². The molecule has 0 saturated heterocycles. The van der Waals surface area contributed by atoms with Gasteiger partial charge in [0.15, 0.2) is 17.5 Å². The molecule has 7 aromatic carbocycles. The van der Waals surface area contributed by atoms with Crippen molar-refractivity contribution in [3.63, 3.8) is 0 Å². The summed E-state index contributed by atoms with van der Waals surface area (Å²) in [6.07, 6.45) is 0. The lowest BCUT2D eigenvalue weighted by Crippen LogP contribution is -2.00. The summed E-state index contributed by atoms with van der Waals surface area (Å²) in [6.45, 7) is 0. The quantitative estimate of drug-likeness (QED) is 0.188. The number of fused-ring (bicyclic) bond motifs is 9. The maximum Gasteiger partial charge on any atom is 0.164 e. The Bertz CT molecular complexity index is 3150. The average Bonchev–Trinajstić information content (AvgIpc) is 3.88. The number of para-hydroxylation sites is 2. The molecule has 0 fully saturated rings. The molecule has 11 rings (SSSR count). The lowest BCUT2D eigenvalue weighted by atomic mass is 9.97. The molecule has 238 valence electrons. The first-order valence-corrected chi connectivity index (χ1v) is 16.8. The number of hydrogen-bond acceptors (Lipinski definition) is 6. The molecule has 0 bridgehead atoms. The summed E-state index contributed by atoms with van der Waals surface area (Å²) in [5, 5.41) is 6.24. The van der Waals surface area contributed by atoms with Crippen LogP contribution in [0.1, 0.15) is 0 Å². The van der Waals surface area contributed by atoms with Crippen LogP contribution in [0.15, 0.2) is 165 Å². The minimum Gasteiger partial charge on any atom is -0.456 e. The highest BCUT2D eigenvalue weighted by atomic mass is 16.3. The summed E-state index contributed by atoms with van der Waals surface area (Å²) in [7, 11) is 0. The Kier molecular flexibility index (Phi) is 5.86. The van der Waals surface area contributed by atoms with Crippen molar-refractivity contribution in [2.75, 3.05) is 0 Å². The van der Waals surface area contributed by atoms with Gasteiger partial charge in [0, 0.05) is 49.0 Å². The van der Waals surface area contributed by atoms with E-state index in [-0.39, 0.29) is 0 Å². The zero-order valence-electron chi connectivity index (χ0n) is 27.0. The first kappa shape index (κ1) is 27.9.